The molecule has 0 spiro atoms. The molecule has 0 unspecified atom stereocenters. The largest absolute Gasteiger partial charge is 0.492 e. The van der Waals surface area contributed by atoms with E-state index in [0.717, 1.165) is 26.1 Å². The van der Waals surface area contributed by atoms with Gasteiger partial charge in [-0.3, -0.25) is 0 Å². The summed E-state index contributed by atoms with van der Waals surface area (Å²) in [5.74, 6) is 0.701. The second kappa shape index (κ2) is 6.92. The molecular formula is C14H18Cl2N2O. The fourth-order valence-corrected chi connectivity index (χ4v) is 2.39. The summed E-state index contributed by atoms with van der Waals surface area (Å²) < 4.78 is 5.64. The van der Waals surface area contributed by atoms with Crippen LogP contribution in [0.1, 0.15) is 12.8 Å². The normalized spacial score (nSPS) is 14.3. The molecule has 0 atom stereocenters. The minimum absolute atomic E-state index is 0.566. The molecule has 0 fully saturated rings. The van der Waals surface area contributed by atoms with E-state index in [1.807, 2.05) is 6.07 Å². The van der Waals surface area contributed by atoms with Gasteiger partial charge in [-0.05, 0) is 31.0 Å². The topological polar surface area (TPSA) is 15.7 Å². The Morgan fingerprint density at radius 2 is 2.05 bits per heavy atom. The molecule has 1 aliphatic heterocycles. The van der Waals surface area contributed by atoms with Gasteiger partial charge in [0.05, 0.1) is 18.3 Å². The number of rotatable bonds is 6. The van der Waals surface area contributed by atoms with Crippen LogP contribution in [0.15, 0.2) is 30.6 Å². The van der Waals surface area contributed by atoms with Crippen LogP contribution in [0.2, 0.25) is 10.0 Å². The molecule has 0 N–H and O–H groups in total. The second-order valence-electron chi connectivity index (χ2n) is 4.64. The van der Waals surface area contributed by atoms with Gasteiger partial charge in [-0.15, -0.1) is 0 Å². The lowest BCUT2D eigenvalue weighted by Crippen LogP contribution is -2.23. The van der Waals surface area contributed by atoms with Crippen LogP contribution in [0, 0.1) is 0 Å². The van der Waals surface area contributed by atoms with Crippen LogP contribution in [0.5, 0.6) is 5.75 Å². The molecule has 0 bridgehead atoms. The maximum Gasteiger partial charge on any atom is 0.137 e. The molecule has 0 aliphatic carbocycles. The van der Waals surface area contributed by atoms with Gasteiger partial charge in [0.1, 0.15) is 5.75 Å². The molecular weight excluding hydrogens is 283 g/mol. The Morgan fingerprint density at radius 3 is 2.74 bits per heavy atom. The minimum Gasteiger partial charge on any atom is -0.492 e. The lowest BCUT2D eigenvalue weighted by Gasteiger charge is -2.17. The molecule has 1 aromatic rings. The van der Waals surface area contributed by atoms with Crippen molar-refractivity contribution in [3.05, 3.63) is 40.6 Å². The van der Waals surface area contributed by atoms with Crippen LogP contribution in [-0.2, 0) is 0 Å². The smallest absolute Gasteiger partial charge is 0.137 e. The van der Waals surface area contributed by atoms with Crippen molar-refractivity contribution in [2.75, 3.05) is 26.9 Å². The van der Waals surface area contributed by atoms with Crippen molar-refractivity contribution < 1.29 is 4.74 Å². The Kier molecular flexibility index (Phi) is 5.23. The molecule has 1 aliphatic rings. The van der Waals surface area contributed by atoms with E-state index >= 15 is 0 Å². The molecule has 0 radical (unpaired) electrons. The van der Waals surface area contributed by atoms with Gasteiger partial charge in [0, 0.05) is 31.0 Å². The Morgan fingerprint density at radius 1 is 1.21 bits per heavy atom. The number of halogens is 2. The van der Waals surface area contributed by atoms with Crippen molar-refractivity contribution in [2.45, 2.75) is 12.8 Å². The highest BCUT2D eigenvalue weighted by Crippen LogP contribution is 2.27. The summed E-state index contributed by atoms with van der Waals surface area (Å²) in [7, 11) is 2.07. The highest BCUT2D eigenvalue weighted by molar-refractivity contribution is 6.35. The average molecular weight is 301 g/mol. The van der Waals surface area contributed by atoms with Crippen LogP contribution in [0.4, 0.5) is 0 Å². The fraction of sp³-hybridized carbons (Fsp3) is 0.429. The SMILES string of the molecule is CN1C=CN(CCCCOc2ccc(Cl)cc2Cl)C1. The van der Waals surface area contributed by atoms with Crippen molar-refractivity contribution in [2.24, 2.45) is 0 Å². The third-order valence-electron chi connectivity index (χ3n) is 2.93. The maximum absolute atomic E-state index is 6.03. The molecule has 5 heteroatoms. The maximum atomic E-state index is 6.03. The Bertz CT molecular complexity index is 451. The first-order chi connectivity index (χ1) is 9.15. The van der Waals surface area contributed by atoms with Crippen LogP contribution >= 0.6 is 23.2 Å². The molecule has 0 saturated carbocycles. The zero-order chi connectivity index (χ0) is 13.7. The zero-order valence-corrected chi connectivity index (χ0v) is 12.5. The predicted octanol–water partition coefficient (Wildman–Crippen LogP) is 3.83. The fourth-order valence-electron chi connectivity index (χ4n) is 1.93. The van der Waals surface area contributed by atoms with Crippen LogP contribution < -0.4 is 4.74 Å². The summed E-state index contributed by atoms with van der Waals surface area (Å²) in [6, 6.07) is 5.29. The van der Waals surface area contributed by atoms with E-state index < -0.39 is 0 Å². The van der Waals surface area contributed by atoms with Gasteiger partial charge < -0.3 is 14.5 Å². The molecule has 0 amide bonds. The van der Waals surface area contributed by atoms with Crippen molar-refractivity contribution in [1.29, 1.82) is 0 Å². The van der Waals surface area contributed by atoms with Gasteiger partial charge in [-0.2, -0.15) is 0 Å². The molecule has 19 heavy (non-hydrogen) atoms. The van der Waals surface area contributed by atoms with Crippen LogP contribution in [0.25, 0.3) is 0 Å². The average Bonchev–Trinajstić information content (AvgIpc) is 2.77. The van der Waals surface area contributed by atoms with E-state index in [1.54, 1.807) is 12.1 Å². The molecule has 0 aromatic heterocycles. The number of hydrogen-bond acceptors (Lipinski definition) is 3. The van der Waals surface area contributed by atoms with Gasteiger partial charge >= 0.3 is 0 Å². The third kappa shape index (κ3) is 4.51. The number of unbranched alkanes of at least 4 members (excludes halogenated alkanes) is 1. The highest BCUT2D eigenvalue weighted by atomic mass is 35.5. The zero-order valence-electron chi connectivity index (χ0n) is 11.0. The summed E-state index contributed by atoms with van der Waals surface area (Å²) in [5.41, 5.74) is 0. The second-order valence-corrected chi connectivity index (χ2v) is 5.48. The van der Waals surface area contributed by atoms with Crippen molar-refractivity contribution in [3.63, 3.8) is 0 Å². The van der Waals surface area contributed by atoms with Gasteiger partial charge in [-0.25, -0.2) is 0 Å². The van der Waals surface area contributed by atoms with E-state index in [1.165, 1.54) is 0 Å². The first kappa shape index (κ1) is 14.4. The molecule has 104 valence electrons. The quantitative estimate of drug-likeness (QED) is 0.743. The van der Waals surface area contributed by atoms with Crippen molar-refractivity contribution in [3.8, 4) is 5.75 Å². The van der Waals surface area contributed by atoms with Crippen molar-refractivity contribution >= 4 is 23.2 Å². The van der Waals surface area contributed by atoms with Crippen LogP contribution in [-0.4, -0.2) is 36.7 Å². The Balaban J connectivity index is 1.63. The predicted molar refractivity (Wildman–Crippen MR) is 79.7 cm³/mol. The minimum atomic E-state index is 0.566. The Hall–Kier alpha value is -1.06. The first-order valence-corrected chi connectivity index (χ1v) is 7.11. The summed E-state index contributed by atoms with van der Waals surface area (Å²) in [4.78, 5) is 4.44. The van der Waals surface area contributed by atoms with Gasteiger partial charge in [0.2, 0.25) is 0 Å². The van der Waals surface area contributed by atoms with E-state index in [-0.39, 0.29) is 0 Å². The number of nitrogens with zero attached hydrogens (tertiary/aromatic N) is 2. The Labute approximate surface area is 124 Å². The molecule has 3 nitrogen and oxygen atoms in total. The van der Waals surface area contributed by atoms with Crippen LogP contribution in [0.3, 0.4) is 0 Å². The third-order valence-corrected chi connectivity index (χ3v) is 3.46. The van der Waals surface area contributed by atoms with E-state index in [4.69, 9.17) is 27.9 Å². The standard InChI is InChI=1S/C14H18Cl2N2O/c1-17-7-8-18(11-17)6-2-3-9-19-14-5-4-12(15)10-13(14)16/h4-5,7-8,10H,2-3,6,9,11H2,1H3. The first-order valence-electron chi connectivity index (χ1n) is 6.35. The number of ether oxygens (including phenoxy) is 1. The van der Waals surface area contributed by atoms with Gasteiger partial charge in [-0.1, -0.05) is 23.2 Å². The van der Waals surface area contributed by atoms with Gasteiger partial charge in [0.15, 0.2) is 0 Å². The van der Waals surface area contributed by atoms with E-state index in [0.29, 0.717) is 22.4 Å². The molecule has 2 rings (SSSR count). The monoisotopic (exact) mass is 300 g/mol. The van der Waals surface area contributed by atoms with Gasteiger partial charge in [0.25, 0.3) is 0 Å². The molecule has 1 heterocycles. The lowest BCUT2D eigenvalue weighted by molar-refractivity contribution is 0.268. The summed E-state index contributed by atoms with van der Waals surface area (Å²) >= 11 is 11.9. The number of benzene rings is 1. The number of hydrogen-bond donors (Lipinski definition) is 0. The van der Waals surface area contributed by atoms with E-state index in [9.17, 15) is 0 Å². The molecule has 1 aromatic carbocycles. The lowest BCUT2D eigenvalue weighted by atomic mass is 10.3. The highest BCUT2D eigenvalue weighted by Gasteiger charge is 2.07. The summed E-state index contributed by atoms with van der Waals surface area (Å²) in [6.45, 7) is 2.71. The summed E-state index contributed by atoms with van der Waals surface area (Å²) in [6.07, 6.45) is 6.32. The molecule has 0 saturated heterocycles. The van der Waals surface area contributed by atoms with E-state index in [2.05, 4.69) is 29.2 Å². The summed E-state index contributed by atoms with van der Waals surface area (Å²) in [5, 5.41) is 1.19. The van der Waals surface area contributed by atoms with Crippen molar-refractivity contribution in [1.82, 2.24) is 9.80 Å².